The van der Waals surface area contributed by atoms with Crippen molar-refractivity contribution < 1.29 is 50.3 Å². The Morgan fingerprint density at radius 1 is 0.667 bits per heavy atom. The van der Waals surface area contributed by atoms with Crippen LogP contribution in [0.15, 0.2) is 36.4 Å². The molecule has 6 rings (SSSR count). The minimum absolute atomic E-state index is 0.312. The zero-order valence-electron chi connectivity index (χ0n) is 24.2. The molecule has 45 heavy (non-hydrogen) atoms. The molecule has 3 heterocycles. The number of hydrogen-bond acceptors (Lipinski definition) is 11. The van der Waals surface area contributed by atoms with Crippen LogP contribution in [0.3, 0.4) is 0 Å². The fourth-order valence-corrected chi connectivity index (χ4v) is 7.28. The highest BCUT2D eigenvalue weighted by molar-refractivity contribution is 14.1. The standard InChI is InChI=1S/C33H36INO10/c34-35-11-9-33(10-12-35)21-13-17(3-7-23-27(38)31(42)29(40)25(15-36)44-23)1-5-19(21)20-6-2-18(14-22(20)33)4-8-24-28(39)32(43)30(41)26(16-37)45-24/h1-2,5-6,13-14,23-32,36-43H,9-12,15-16H2/t23-,24-,25-,26-,27-,28-,29-,30-,31-,32-/m1/s1. The largest absolute Gasteiger partial charge is 0.394 e. The molecule has 3 aliphatic heterocycles. The van der Waals surface area contributed by atoms with E-state index in [1.807, 2.05) is 24.3 Å². The molecule has 0 radical (unpaired) electrons. The summed E-state index contributed by atoms with van der Waals surface area (Å²) in [7, 11) is 0. The van der Waals surface area contributed by atoms with Gasteiger partial charge in [0.1, 0.15) is 61.0 Å². The molecule has 0 amide bonds. The van der Waals surface area contributed by atoms with Gasteiger partial charge >= 0.3 is 0 Å². The summed E-state index contributed by atoms with van der Waals surface area (Å²) in [4.78, 5) is 0. The van der Waals surface area contributed by atoms with Gasteiger partial charge in [-0.3, -0.25) is 0 Å². The van der Waals surface area contributed by atoms with Crippen molar-refractivity contribution in [2.45, 2.75) is 79.3 Å². The molecule has 0 saturated carbocycles. The van der Waals surface area contributed by atoms with Gasteiger partial charge < -0.3 is 50.3 Å². The molecule has 240 valence electrons. The molecule has 2 aromatic carbocycles. The van der Waals surface area contributed by atoms with Crippen molar-refractivity contribution in [3.05, 3.63) is 58.7 Å². The number of aliphatic hydroxyl groups excluding tert-OH is 8. The van der Waals surface area contributed by atoms with E-state index in [-0.39, 0.29) is 5.41 Å². The van der Waals surface area contributed by atoms with Crippen LogP contribution < -0.4 is 0 Å². The first-order chi connectivity index (χ1) is 21.6. The second-order valence-corrected chi connectivity index (χ2v) is 13.4. The van der Waals surface area contributed by atoms with Gasteiger partial charge in [0.25, 0.3) is 0 Å². The van der Waals surface area contributed by atoms with Crippen LogP contribution in [0, 0.1) is 23.7 Å². The van der Waals surface area contributed by atoms with Crippen molar-refractivity contribution in [1.82, 2.24) is 3.11 Å². The summed E-state index contributed by atoms with van der Waals surface area (Å²) in [5, 5.41) is 80.3. The molecule has 10 atom stereocenters. The summed E-state index contributed by atoms with van der Waals surface area (Å²) in [6, 6.07) is 11.9. The monoisotopic (exact) mass is 733 g/mol. The van der Waals surface area contributed by atoms with Gasteiger partial charge in [-0.25, -0.2) is 3.11 Å². The van der Waals surface area contributed by atoms with E-state index < -0.39 is 74.3 Å². The Morgan fingerprint density at radius 3 is 1.49 bits per heavy atom. The Labute approximate surface area is 274 Å². The number of hydrogen-bond donors (Lipinski definition) is 8. The second-order valence-electron chi connectivity index (χ2n) is 12.1. The summed E-state index contributed by atoms with van der Waals surface area (Å²) in [5.74, 6) is 11.9. The lowest BCUT2D eigenvalue weighted by Crippen LogP contribution is -2.58. The molecule has 0 aromatic heterocycles. The van der Waals surface area contributed by atoms with Gasteiger partial charge in [-0.15, -0.1) is 0 Å². The number of fused-ring (bicyclic) bond motifs is 5. The maximum Gasteiger partial charge on any atom is 0.147 e. The molecule has 0 bridgehead atoms. The average molecular weight is 734 g/mol. The number of aliphatic hydroxyl groups is 8. The van der Waals surface area contributed by atoms with E-state index in [0.717, 1.165) is 48.2 Å². The molecular formula is C33H36INO10. The molecular weight excluding hydrogens is 697 g/mol. The van der Waals surface area contributed by atoms with Crippen molar-refractivity contribution in [2.75, 3.05) is 26.3 Å². The minimum Gasteiger partial charge on any atom is -0.394 e. The van der Waals surface area contributed by atoms with E-state index in [1.54, 1.807) is 0 Å². The molecule has 1 spiro atoms. The Bertz CT molecular complexity index is 1430. The Hall–Kier alpha value is -2.15. The van der Waals surface area contributed by atoms with E-state index in [4.69, 9.17) is 9.47 Å². The Balaban J connectivity index is 1.32. The Morgan fingerprint density at radius 2 is 1.09 bits per heavy atom. The molecule has 3 saturated heterocycles. The van der Waals surface area contributed by atoms with Crippen molar-refractivity contribution in [1.29, 1.82) is 0 Å². The van der Waals surface area contributed by atoms with Crippen LogP contribution in [0.4, 0.5) is 0 Å². The van der Waals surface area contributed by atoms with Crippen LogP contribution in [0.1, 0.15) is 35.1 Å². The molecule has 11 nitrogen and oxygen atoms in total. The van der Waals surface area contributed by atoms with E-state index in [2.05, 4.69) is 61.8 Å². The second kappa shape index (κ2) is 13.2. The molecule has 0 unspecified atom stereocenters. The van der Waals surface area contributed by atoms with Crippen molar-refractivity contribution in [3.8, 4) is 34.8 Å². The van der Waals surface area contributed by atoms with Crippen LogP contribution in [0.5, 0.6) is 0 Å². The lowest BCUT2D eigenvalue weighted by molar-refractivity contribution is -0.214. The molecule has 8 N–H and O–H groups in total. The van der Waals surface area contributed by atoms with E-state index in [9.17, 15) is 40.9 Å². The number of benzene rings is 2. The molecule has 4 aliphatic rings. The lowest BCUT2D eigenvalue weighted by Gasteiger charge is -2.39. The normalized spacial score (nSPS) is 35.5. The molecule has 2 aromatic rings. The van der Waals surface area contributed by atoms with Gasteiger partial charge in [0.2, 0.25) is 0 Å². The minimum atomic E-state index is -1.50. The molecule has 3 fully saturated rings. The zero-order chi connectivity index (χ0) is 32.0. The summed E-state index contributed by atoms with van der Waals surface area (Å²) in [6.45, 7) is 0.679. The summed E-state index contributed by atoms with van der Waals surface area (Å²) in [5.41, 5.74) is 5.49. The maximum absolute atomic E-state index is 10.4. The first-order valence-electron chi connectivity index (χ1n) is 14.9. The third kappa shape index (κ3) is 5.93. The Kier molecular flexibility index (Phi) is 9.58. The van der Waals surface area contributed by atoms with E-state index >= 15 is 0 Å². The van der Waals surface area contributed by atoms with E-state index in [0.29, 0.717) is 11.1 Å². The number of halogens is 1. The summed E-state index contributed by atoms with van der Waals surface area (Å²) < 4.78 is 13.4. The lowest BCUT2D eigenvalue weighted by atomic mass is 9.71. The van der Waals surface area contributed by atoms with Crippen LogP contribution >= 0.6 is 22.9 Å². The first-order valence-corrected chi connectivity index (χ1v) is 15.9. The first kappa shape index (κ1) is 32.8. The zero-order valence-corrected chi connectivity index (χ0v) is 26.4. The smallest absolute Gasteiger partial charge is 0.147 e. The number of rotatable bonds is 2. The van der Waals surface area contributed by atoms with E-state index in [1.165, 1.54) is 0 Å². The van der Waals surface area contributed by atoms with Crippen molar-refractivity contribution in [3.63, 3.8) is 0 Å². The van der Waals surface area contributed by atoms with Gasteiger partial charge in [0, 0.05) is 52.5 Å². The quantitative estimate of drug-likeness (QED) is 0.105. The highest BCUT2D eigenvalue weighted by atomic mass is 127. The fraction of sp³-hybridized carbons (Fsp3) is 0.515. The number of ether oxygens (including phenoxy) is 2. The molecule has 12 heteroatoms. The third-order valence-electron chi connectivity index (χ3n) is 9.42. The third-order valence-corrected chi connectivity index (χ3v) is 10.4. The van der Waals surface area contributed by atoms with Crippen LogP contribution in [-0.4, -0.2) is 131 Å². The number of nitrogens with zero attached hydrogens (tertiary/aromatic N) is 1. The predicted molar refractivity (Wildman–Crippen MR) is 169 cm³/mol. The van der Waals surface area contributed by atoms with Gasteiger partial charge in [-0.05, 0) is 59.4 Å². The van der Waals surface area contributed by atoms with Crippen LogP contribution in [0.25, 0.3) is 11.1 Å². The highest BCUT2D eigenvalue weighted by Crippen LogP contribution is 2.54. The van der Waals surface area contributed by atoms with Gasteiger partial charge in [0.15, 0.2) is 0 Å². The predicted octanol–water partition coefficient (Wildman–Crippen LogP) is -1.21. The maximum atomic E-state index is 10.4. The van der Waals surface area contributed by atoms with Gasteiger partial charge in [-0.2, -0.15) is 0 Å². The SMILES string of the molecule is OC[C@H]1O[C@H](C#Cc2ccc3c(c2)C2(CCN(I)CC2)c2cc(C#C[C@H]4O[C@H](CO)[C@@H](O)[C@H](O)[C@@H]4O)ccc2-3)[C@@H](O)[C@@H](O)[C@@H]1O. The summed E-state index contributed by atoms with van der Waals surface area (Å²) >= 11 is 2.34. The van der Waals surface area contributed by atoms with Crippen LogP contribution in [-0.2, 0) is 14.9 Å². The molecule has 1 aliphatic carbocycles. The van der Waals surface area contributed by atoms with Crippen molar-refractivity contribution >= 4 is 22.9 Å². The van der Waals surface area contributed by atoms with Gasteiger partial charge in [0.05, 0.1) is 13.2 Å². The van der Waals surface area contributed by atoms with Crippen molar-refractivity contribution in [2.24, 2.45) is 0 Å². The van der Waals surface area contributed by atoms with Crippen LogP contribution in [0.2, 0.25) is 0 Å². The average Bonchev–Trinajstić information content (AvgIpc) is 3.31. The van der Waals surface area contributed by atoms with Gasteiger partial charge in [-0.1, -0.05) is 35.8 Å². The fourth-order valence-electron chi connectivity index (χ4n) is 6.80. The summed E-state index contributed by atoms with van der Waals surface area (Å²) in [6.07, 6.45) is -11.3. The highest BCUT2D eigenvalue weighted by Gasteiger charge is 2.46. The topological polar surface area (TPSA) is 184 Å². The number of piperidine rings is 1.